The SMILES string of the molecule is CC1(C)C(/C=C/c2ccsc2)=[N+](Cc2cc([N+](=O)[O-])ccc2[O-])c2ccccc21. The van der Waals surface area contributed by atoms with Crippen LogP contribution in [0.25, 0.3) is 6.08 Å². The topological polar surface area (TPSA) is 69.2 Å². The number of non-ortho nitro benzene ring substituents is 1. The summed E-state index contributed by atoms with van der Waals surface area (Å²) in [5.41, 5.74) is 4.45. The number of nitro groups is 1. The minimum absolute atomic E-state index is 0.0679. The van der Waals surface area contributed by atoms with E-state index in [9.17, 15) is 15.2 Å². The second-order valence-electron chi connectivity index (χ2n) is 7.55. The van der Waals surface area contributed by atoms with Crippen LogP contribution >= 0.6 is 11.3 Å². The lowest BCUT2D eigenvalue weighted by molar-refractivity contribution is -0.456. The first-order chi connectivity index (χ1) is 13.9. The molecule has 0 saturated heterocycles. The molecule has 0 bridgehead atoms. The maximum atomic E-state index is 12.4. The van der Waals surface area contributed by atoms with E-state index in [1.165, 1.54) is 23.8 Å². The Bertz CT molecular complexity index is 1140. The van der Waals surface area contributed by atoms with Gasteiger partial charge in [-0.25, -0.2) is 0 Å². The van der Waals surface area contributed by atoms with Crippen LogP contribution in [-0.2, 0) is 12.0 Å². The first kappa shape index (κ1) is 19.1. The van der Waals surface area contributed by atoms with Crippen LogP contribution < -0.4 is 5.11 Å². The fourth-order valence-electron chi connectivity index (χ4n) is 3.83. The Morgan fingerprint density at radius 2 is 1.93 bits per heavy atom. The molecule has 0 spiro atoms. The van der Waals surface area contributed by atoms with E-state index in [2.05, 4.69) is 48.1 Å². The molecule has 0 N–H and O–H groups in total. The number of nitro benzene ring substituents is 1. The summed E-state index contributed by atoms with van der Waals surface area (Å²) in [5.74, 6) is -0.195. The molecular weight excluding hydrogens is 384 g/mol. The van der Waals surface area contributed by atoms with Gasteiger partial charge in [0, 0.05) is 35.4 Å². The standard InChI is InChI=1S/C23H20N2O3S/c1-23(2)19-5-3-4-6-20(19)24(22(23)10-7-16-11-12-29-15-16)14-17-13-18(25(27)28)8-9-21(17)26/h3-13,15H,14H2,1-2H3/b10-7+. The molecule has 0 amide bonds. The van der Waals surface area contributed by atoms with E-state index in [1.807, 2.05) is 23.6 Å². The van der Waals surface area contributed by atoms with E-state index in [-0.39, 0.29) is 23.4 Å². The lowest BCUT2D eigenvalue weighted by Crippen LogP contribution is -2.27. The number of fused-ring (bicyclic) bond motifs is 1. The van der Waals surface area contributed by atoms with E-state index in [0.29, 0.717) is 5.56 Å². The number of allylic oxidation sites excluding steroid dienone is 1. The van der Waals surface area contributed by atoms with Crippen molar-refractivity contribution in [2.75, 3.05) is 0 Å². The van der Waals surface area contributed by atoms with Crippen molar-refractivity contribution in [3.8, 4) is 5.75 Å². The molecule has 0 radical (unpaired) electrons. The van der Waals surface area contributed by atoms with Crippen LogP contribution in [0, 0.1) is 10.1 Å². The molecule has 0 aliphatic carbocycles. The predicted molar refractivity (Wildman–Crippen MR) is 114 cm³/mol. The van der Waals surface area contributed by atoms with Crippen LogP contribution in [0.2, 0.25) is 0 Å². The van der Waals surface area contributed by atoms with Crippen LogP contribution in [0.3, 0.4) is 0 Å². The van der Waals surface area contributed by atoms with Gasteiger partial charge in [-0.1, -0.05) is 30.0 Å². The van der Waals surface area contributed by atoms with Gasteiger partial charge in [0.15, 0.2) is 12.3 Å². The fourth-order valence-corrected chi connectivity index (χ4v) is 4.46. The number of hydrogen-bond acceptors (Lipinski definition) is 4. The van der Waals surface area contributed by atoms with Crippen LogP contribution in [0.1, 0.15) is 30.5 Å². The van der Waals surface area contributed by atoms with Crippen LogP contribution in [-0.4, -0.2) is 15.2 Å². The molecule has 0 unspecified atom stereocenters. The van der Waals surface area contributed by atoms with E-state index < -0.39 is 4.92 Å². The van der Waals surface area contributed by atoms with Gasteiger partial charge in [-0.3, -0.25) is 10.1 Å². The average Bonchev–Trinajstić information content (AvgIpc) is 3.28. The third kappa shape index (κ3) is 3.47. The van der Waals surface area contributed by atoms with Gasteiger partial charge in [-0.05, 0) is 42.3 Å². The summed E-state index contributed by atoms with van der Waals surface area (Å²) >= 11 is 1.64. The minimum Gasteiger partial charge on any atom is -0.872 e. The Labute approximate surface area is 173 Å². The summed E-state index contributed by atoms with van der Waals surface area (Å²) in [7, 11) is 0. The van der Waals surface area contributed by atoms with Crippen molar-refractivity contribution >= 4 is 34.5 Å². The largest absolute Gasteiger partial charge is 0.872 e. The Morgan fingerprint density at radius 1 is 1.14 bits per heavy atom. The van der Waals surface area contributed by atoms with E-state index in [4.69, 9.17) is 0 Å². The zero-order valence-electron chi connectivity index (χ0n) is 16.2. The van der Waals surface area contributed by atoms with Gasteiger partial charge in [-0.15, -0.1) is 0 Å². The number of rotatable bonds is 5. The van der Waals surface area contributed by atoms with Gasteiger partial charge in [0.05, 0.1) is 10.3 Å². The Kier molecular flexibility index (Phi) is 4.80. The Morgan fingerprint density at radius 3 is 2.66 bits per heavy atom. The van der Waals surface area contributed by atoms with Crippen molar-refractivity contribution in [2.45, 2.75) is 25.8 Å². The van der Waals surface area contributed by atoms with Gasteiger partial charge in [0.25, 0.3) is 5.69 Å². The number of nitrogens with zero attached hydrogens (tertiary/aromatic N) is 2. The molecule has 3 aromatic rings. The zero-order chi connectivity index (χ0) is 20.6. The Balaban J connectivity index is 1.85. The molecule has 1 aromatic heterocycles. The average molecular weight is 404 g/mol. The quantitative estimate of drug-likeness (QED) is 0.341. The van der Waals surface area contributed by atoms with Gasteiger partial charge >= 0.3 is 0 Å². The molecule has 0 fully saturated rings. The van der Waals surface area contributed by atoms with Gasteiger partial charge in [0.1, 0.15) is 0 Å². The molecular formula is C23H20N2O3S. The highest BCUT2D eigenvalue weighted by Crippen LogP contribution is 2.41. The van der Waals surface area contributed by atoms with Crippen molar-refractivity contribution in [1.82, 2.24) is 0 Å². The molecule has 1 aliphatic heterocycles. The van der Waals surface area contributed by atoms with Crippen molar-refractivity contribution in [1.29, 1.82) is 0 Å². The van der Waals surface area contributed by atoms with Crippen molar-refractivity contribution < 1.29 is 14.6 Å². The van der Waals surface area contributed by atoms with Crippen molar-refractivity contribution in [2.24, 2.45) is 0 Å². The summed E-state index contributed by atoms with van der Waals surface area (Å²) in [6.07, 6.45) is 4.15. The molecule has 1 aliphatic rings. The summed E-state index contributed by atoms with van der Waals surface area (Å²) in [4.78, 5) is 10.7. The van der Waals surface area contributed by atoms with Gasteiger partial charge < -0.3 is 5.11 Å². The molecule has 6 heteroatoms. The summed E-state index contributed by atoms with van der Waals surface area (Å²) in [5, 5.41) is 27.7. The second-order valence-corrected chi connectivity index (χ2v) is 8.33. The molecule has 2 heterocycles. The normalized spacial score (nSPS) is 15.1. The minimum atomic E-state index is -0.466. The Hall–Kier alpha value is -3.25. The predicted octanol–water partition coefficient (Wildman–Crippen LogP) is 5.02. The summed E-state index contributed by atoms with van der Waals surface area (Å²) in [6, 6.07) is 14.1. The molecule has 2 aromatic carbocycles. The molecule has 4 rings (SSSR count). The maximum Gasteiger partial charge on any atom is 0.269 e. The van der Waals surface area contributed by atoms with Crippen molar-refractivity contribution in [3.05, 3.63) is 92.2 Å². The molecule has 29 heavy (non-hydrogen) atoms. The number of benzene rings is 2. The highest BCUT2D eigenvalue weighted by atomic mass is 32.1. The van der Waals surface area contributed by atoms with E-state index in [0.717, 1.165) is 17.0 Å². The van der Waals surface area contributed by atoms with Crippen LogP contribution in [0.4, 0.5) is 11.4 Å². The first-order valence-electron chi connectivity index (χ1n) is 9.27. The number of thiophene rings is 1. The molecule has 0 atom stereocenters. The first-order valence-corrected chi connectivity index (χ1v) is 10.2. The summed E-state index contributed by atoms with van der Waals surface area (Å²) < 4.78 is 2.10. The highest BCUT2D eigenvalue weighted by molar-refractivity contribution is 7.08. The number of para-hydroxylation sites is 1. The van der Waals surface area contributed by atoms with Crippen LogP contribution in [0.5, 0.6) is 5.75 Å². The third-order valence-electron chi connectivity index (χ3n) is 5.36. The van der Waals surface area contributed by atoms with Crippen molar-refractivity contribution in [3.63, 3.8) is 0 Å². The van der Waals surface area contributed by atoms with Gasteiger partial charge in [-0.2, -0.15) is 15.9 Å². The summed E-state index contributed by atoms with van der Waals surface area (Å²) in [6.45, 7) is 4.60. The molecule has 0 saturated carbocycles. The second kappa shape index (κ2) is 7.29. The lowest BCUT2D eigenvalue weighted by Gasteiger charge is -2.15. The number of hydrogen-bond donors (Lipinski definition) is 0. The smallest absolute Gasteiger partial charge is 0.269 e. The fraction of sp³-hybridized carbons (Fsp3) is 0.174. The third-order valence-corrected chi connectivity index (χ3v) is 6.06. The monoisotopic (exact) mass is 404 g/mol. The maximum absolute atomic E-state index is 12.4. The zero-order valence-corrected chi connectivity index (χ0v) is 17.0. The van der Waals surface area contributed by atoms with Crippen LogP contribution in [0.15, 0.2) is 65.4 Å². The lowest BCUT2D eigenvalue weighted by atomic mass is 9.81. The highest BCUT2D eigenvalue weighted by Gasteiger charge is 2.44. The van der Waals surface area contributed by atoms with Gasteiger partial charge in [0.2, 0.25) is 5.69 Å². The molecule has 5 nitrogen and oxygen atoms in total. The van der Waals surface area contributed by atoms with E-state index in [1.54, 1.807) is 11.3 Å². The van der Waals surface area contributed by atoms with E-state index >= 15 is 0 Å². The molecule has 146 valence electrons.